The Kier molecular flexibility index (Phi) is 20.9. The van der Waals surface area contributed by atoms with Crippen LogP contribution >= 0.6 is 0 Å². The predicted molar refractivity (Wildman–Crippen MR) is 603 cm³/mol. The molecule has 0 aliphatic heterocycles. The lowest BCUT2D eigenvalue weighted by molar-refractivity contribution is 0.660. The summed E-state index contributed by atoms with van der Waals surface area (Å²) in [6, 6.07) is 168. The molecule has 0 N–H and O–H groups in total. The van der Waals surface area contributed by atoms with Gasteiger partial charge < -0.3 is 4.57 Å². The lowest BCUT2D eigenvalue weighted by Crippen LogP contribution is -2.15. The molecule has 7 nitrogen and oxygen atoms in total. The molecule has 0 saturated carbocycles. The molecule has 28 rings (SSSR count). The first-order chi connectivity index (χ1) is 70.9. The zero-order valence-electron chi connectivity index (χ0n) is 82.1. The van der Waals surface area contributed by atoms with Crippen LogP contribution in [0.25, 0.3) is 228 Å². The van der Waals surface area contributed by atoms with Gasteiger partial charge in [-0.05, 0) is 204 Å². The topological polar surface area (TPSA) is 82.3 Å². The number of aromatic nitrogens is 7. The van der Waals surface area contributed by atoms with Gasteiger partial charge in [0.05, 0.1) is 45.2 Å². The molecular weight excluding hydrogens is 1760 g/mol. The molecule has 4 aliphatic rings. The van der Waals surface area contributed by atoms with E-state index in [9.17, 15) is 0 Å². The van der Waals surface area contributed by atoms with Gasteiger partial charge >= 0.3 is 0 Å². The van der Waals surface area contributed by atoms with Gasteiger partial charge in [-0.1, -0.05) is 462 Å². The molecule has 24 aromatic rings. The smallest absolute Gasteiger partial charge is 0.161 e. The van der Waals surface area contributed by atoms with Crippen molar-refractivity contribution in [2.24, 2.45) is 0 Å². The number of rotatable bonds is 12. The van der Waals surface area contributed by atoms with Gasteiger partial charge in [-0.2, -0.15) is 0 Å². The van der Waals surface area contributed by atoms with Crippen LogP contribution in [0.3, 0.4) is 0 Å². The first-order valence-electron chi connectivity index (χ1n) is 50.4. The number of fused-ring (bicyclic) bond motifs is 21. The summed E-state index contributed by atoms with van der Waals surface area (Å²) in [6.07, 6.45) is 0. The molecule has 20 aromatic carbocycles. The number of hydrogen-bond donors (Lipinski definition) is 0. The van der Waals surface area contributed by atoms with Crippen molar-refractivity contribution in [3.8, 4) is 174 Å². The maximum atomic E-state index is 5.47. The van der Waals surface area contributed by atoms with Crippen molar-refractivity contribution in [2.75, 3.05) is 0 Å². The number of benzene rings is 20. The van der Waals surface area contributed by atoms with Crippen LogP contribution in [0.2, 0.25) is 0 Å². The van der Waals surface area contributed by atoms with Crippen LogP contribution < -0.4 is 0 Å². The SMILES string of the molecule is CC1(C)c2ccccc2-c2ccc(-c3cc(-c4ccccc4)nc(-c4ccc5c6c(ccc5c4)-c4ccccc4C6(C)C)n3)cc21.CC1(C)c2ccccc2-c2ccc3c(-c4nc(-c5ccccc5)cc(-c5cccc(-c6ccccc6)c5)n4)cccc3c21.CC1(C)c2ccccc2-c2ccc3ccc(-c4nc(-c5ccc(-c6ccccc6)cc5)cc(-c5cccc6c7ccccc7n(-c7ccccc7)c56)n4)cc3c21. The summed E-state index contributed by atoms with van der Waals surface area (Å²) in [5.41, 5.74) is 44.3. The molecule has 0 radical (unpaired) electrons. The maximum absolute atomic E-state index is 5.47. The zero-order chi connectivity index (χ0) is 97.6. The highest BCUT2D eigenvalue weighted by molar-refractivity contribution is 6.14. The second-order valence-electron chi connectivity index (χ2n) is 41.1. The fraction of sp³-hybridized carbons (Fsp3) is 0.0870. The lowest BCUT2D eigenvalue weighted by atomic mass is 9.80. The summed E-state index contributed by atoms with van der Waals surface area (Å²) in [4.78, 5) is 31.7. The zero-order valence-corrected chi connectivity index (χ0v) is 82.1. The van der Waals surface area contributed by atoms with Crippen molar-refractivity contribution in [1.82, 2.24) is 34.5 Å². The van der Waals surface area contributed by atoms with E-state index in [-0.39, 0.29) is 21.7 Å². The molecule has 4 aromatic heterocycles. The minimum absolute atomic E-state index is 0.0646. The van der Waals surface area contributed by atoms with Gasteiger partial charge in [-0.3, -0.25) is 0 Å². The quantitative estimate of drug-likeness (QED) is 0.121. The fourth-order valence-corrected chi connectivity index (χ4v) is 24.1. The third-order valence-corrected chi connectivity index (χ3v) is 31.1. The van der Waals surface area contributed by atoms with Gasteiger partial charge in [0, 0.05) is 88.2 Å². The van der Waals surface area contributed by atoms with Crippen LogP contribution in [0.15, 0.2) is 467 Å². The maximum Gasteiger partial charge on any atom is 0.161 e. The Morgan fingerprint density at radius 2 is 0.503 bits per heavy atom. The average molecular weight is 1860 g/mol. The Hall–Kier alpha value is -17.8. The molecule has 0 spiro atoms. The number of para-hydroxylation sites is 3. The van der Waals surface area contributed by atoms with Crippen molar-refractivity contribution >= 4 is 54.1 Å². The van der Waals surface area contributed by atoms with Crippen molar-refractivity contribution < 1.29 is 0 Å². The molecule has 0 unspecified atom stereocenters. The van der Waals surface area contributed by atoms with Crippen molar-refractivity contribution in [3.63, 3.8) is 0 Å². The van der Waals surface area contributed by atoms with Crippen LogP contribution in [0, 0.1) is 0 Å². The van der Waals surface area contributed by atoms with Gasteiger partial charge in [-0.25, -0.2) is 29.9 Å². The molecule has 0 fully saturated rings. The summed E-state index contributed by atoms with van der Waals surface area (Å²) >= 11 is 0. The van der Waals surface area contributed by atoms with E-state index in [2.05, 4.69) is 515 Å². The first kappa shape index (κ1) is 87.5. The molecule has 0 amide bonds. The Morgan fingerprint density at radius 3 is 1.09 bits per heavy atom. The van der Waals surface area contributed by atoms with Crippen LogP contribution in [-0.2, 0) is 21.7 Å². The Labute approximate surface area is 845 Å². The van der Waals surface area contributed by atoms with Crippen LogP contribution in [0.1, 0.15) is 99.9 Å². The third-order valence-electron chi connectivity index (χ3n) is 31.1. The van der Waals surface area contributed by atoms with Gasteiger partial charge in [-0.15, -0.1) is 0 Å². The van der Waals surface area contributed by atoms with E-state index in [0.717, 1.165) is 107 Å². The molecule has 688 valence electrons. The van der Waals surface area contributed by atoms with Crippen molar-refractivity contribution in [2.45, 2.75) is 77.0 Å². The van der Waals surface area contributed by atoms with E-state index in [0.29, 0.717) is 5.82 Å². The van der Waals surface area contributed by atoms with Crippen molar-refractivity contribution in [3.05, 3.63) is 512 Å². The van der Waals surface area contributed by atoms with Crippen molar-refractivity contribution in [1.29, 1.82) is 0 Å². The summed E-state index contributed by atoms with van der Waals surface area (Å²) in [5.74, 6) is 2.18. The minimum Gasteiger partial charge on any atom is -0.309 e. The lowest BCUT2D eigenvalue weighted by Gasteiger charge is -2.23. The van der Waals surface area contributed by atoms with Gasteiger partial charge in [0.1, 0.15) is 0 Å². The largest absolute Gasteiger partial charge is 0.309 e. The van der Waals surface area contributed by atoms with Gasteiger partial charge in [0.2, 0.25) is 0 Å². The average Bonchev–Trinajstić information content (AvgIpc) is 1.57. The summed E-state index contributed by atoms with van der Waals surface area (Å²) in [5, 5.41) is 9.82. The molecule has 0 atom stereocenters. The fourth-order valence-electron chi connectivity index (χ4n) is 24.1. The first-order valence-corrected chi connectivity index (χ1v) is 50.4. The second kappa shape index (κ2) is 34.6. The monoisotopic (exact) mass is 1860 g/mol. The van der Waals surface area contributed by atoms with Gasteiger partial charge in [0.25, 0.3) is 0 Å². The predicted octanol–water partition coefficient (Wildman–Crippen LogP) is 35.5. The standard InChI is InChI=1S/C53H37N3.C44H34N2.C41H30N2/c1-53(2)46-22-11-9-18-40(46)42-31-30-36-26-29-38(32-45(36)50(42)53)52-54-47(37-27-24-35(25-28-37)34-14-5-3-6-15-34)33-48(55-52)44-21-13-20-43-41-19-10-12-23-49(41)56(51(43)44)39-16-7-4-8-17-39;1-43(2)36-16-10-8-14-32(36)34-22-19-29(25-38(34)43)40-26-39(27-12-6-5-7-13-27)45-42(46-40)30-20-21-31-28(24-30)18-23-35-33-15-9-11-17-37(33)44(3,4)41(31)35;1-41(2)36-22-10-9-19-32(36)34-24-23-31-33(39(34)41)20-12-21-35(31)40-42-37(28-15-7-4-8-16-28)26-38(43-40)30-18-11-17-29(25-30)27-13-5-3-6-14-27/h3-33H,1-2H3;5-26H,1-4H3;3-26H,1-2H3. The molecule has 0 bridgehead atoms. The molecule has 4 heterocycles. The Balaban J connectivity index is 0.000000112. The molecule has 7 heteroatoms. The van der Waals surface area contributed by atoms with E-state index >= 15 is 0 Å². The van der Waals surface area contributed by atoms with E-state index < -0.39 is 0 Å². The highest BCUT2D eigenvalue weighted by atomic mass is 15.0. The number of nitrogens with zero attached hydrogens (tertiary/aromatic N) is 7. The van der Waals surface area contributed by atoms with Crippen LogP contribution in [0.4, 0.5) is 0 Å². The van der Waals surface area contributed by atoms with E-state index in [1.165, 1.54) is 160 Å². The second-order valence-corrected chi connectivity index (χ2v) is 41.1. The third kappa shape index (κ3) is 14.8. The molecule has 0 saturated heterocycles. The van der Waals surface area contributed by atoms with Crippen LogP contribution in [-0.4, -0.2) is 34.5 Å². The summed E-state index contributed by atoms with van der Waals surface area (Å²) in [6.45, 7) is 18.7. The molecular formula is C138H101N7. The van der Waals surface area contributed by atoms with E-state index in [1.54, 1.807) is 0 Å². The summed E-state index contributed by atoms with van der Waals surface area (Å²) in [7, 11) is 0. The minimum atomic E-state index is -0.140. The summed E-state index contributed by atoms with van der Waals surface area (Å²) < 4.78 is 2.38. The molecule has 145 heavy (non-hydrogen) atoms. The molecule has 4 aliphatic carbocycles. The normalized spacial score (nSPS) is 13.6. The highest BCUT2D eigenvalue weighted by Gasteiger charge is 2.41. The van der Waals surface area contributed by atoms with Crippen LogP contribution in [0.5, 0.6) is 0 Å². The highest BCUT2D eigenvalue weighted by Crippen LogP contribution is 2.57. The number of hydrogen-bond acceptors (Lipinski definition) is 6. The van der Waals surface area contributed by atoms with Gasteiger partial charge in [0.15, 0.2) is 17.5 Å². The van der Waals surface area contributed by atoms with E-state index in [1.807, 2.05) is 12.1 Å². The van der Waals surface area contributed by atoms with E-state index in [4.69, 9.17) is 29.9 Å². The Bertz CT molecular complexity index is 9340. The Morgan fingerprint density at radius 1 is 0.166 bits per heavy atom.